The van der Waals surface area contributed by atoms with Crippen LogP contribution in [0.15, 0.2) is 30.6 Å². The molecule has 0 spiro atoms. The van der Waals surface area contributed by atoms with Gasteiger partial charge in [0.1, 0.15) is 12.1 Å². The highest BCUT2D eigenvalue weighted by Gasteiger charge is 2.19. The molecule has 0 bridgehead atoms. The van der Waals surface area contributed by atoms with Gasteiger partial charge in [0.2, 0.25) is 0 Å². The number of hydrogen-bond acceptors (Lipinski definition) is 6. The number of fused-ring (bicyclic) bond motifs is 1. The molecule has 0 saturated carbocycles. The third-order valence-electron chi connectivity index (χ3n) is 3.47. The maximum Gasteiger partial charge on any atom is 0.168 e. The van der Waals surface area contributed by atoms with E-state index < -0.39 is 0 Å². The first-order valence-electron chi connectivity index (χ1n) is 7.00. The van der Waals surface area contributed by atoms with Crippen molar-refractivity contribution in [3.8, 4) is 11.4 Å². The molecule has 2 aromatic heterocycles. The molecule has 3 N–H and O–H groups in total. The molecule has 22 heavy (non-hydrogen) atoms. The van der Waals surface area contributed by atoms with E-state index in [9.17, 15) is 0 Å². The number of benzene rings is 1. The minimum atomic E-state index is 0.215. The average molecular weight is 298 g/mol. The summed E-state index contributed by atoms with van der Waals surface area (Å²) < 4.78 is 7.07. The van der Waals surface area contributed by atoms with Crippen molar-refractivity contribution in [1.82, 2.24) is 19.7 Å². The average Bonchev–Trinajstić information content (AvgIpc) is 2.95. The summed E-state index contributed by atoms with van der Waals surface area (Å²) >= 11 is 0. The van der Waals surface area contributed by atoms with Gasteiger partial charge in [0, 0.05) is 6.07 Å². The maximum absolute atomic E-state index is 5.58. The smallest absolute Gasteiger partial charge is 0.168 e. The molecule has 0 aliphatic carbocycles. The molecule has 0 radical (unpaired) electrons. The van der Waals surface area contributed by atoms with Gasteiger partial charge in [-0.3, -0.25) is 0 Å². The largest absolute Gasteiger partial charge is 0.497 e. The fourth-order valence-corrected chi connectivity index (χ4v) is 2.41. The first-order valence-corrected chi connectivity index (χ1v) is 7.00. The van der Waals surface area contributed by atoms with Crippen molar-refractivity contribution in [2.45, 2.75) is 19.8 Å². The van der Waals surface area contributed by atoms with Crippen LogP contribution in [0.1, 0.15) is 25.5 Å². The van der Waals surface area contributed by atoms with Crippen molar-refractivity contribution in [2.75, 3.05) is 12.5 Å². The number of nitrogens with one attached hydrogen (secondary N) is 1. The van der Waals surface area contributed by atoms with Gasteiger partial charge < -0.3 is 10.2 Å². The molecule has 2 heterocycles. The lowest BCUT2D eigenvalue weighted by atomic mass is 10.1. The number of hydrazine groups is 1. The second-order valence-corrected chi connectivity index (χ2v) is 5.22. The lowest BCUT2D eigenvalue weighted by Gasteiger charge is -2.05. The van der Waals surface area contributed by atoms with Crippen molar-refractivity contribution in [1.29, 1.82) is 0 Å². The van der Waals surface area contributed by atoms with Gasteiger partial charge in [-0.25, -0.2) is 20.5 Å². The van der Waals surface area contributed by atoms with Crippen LogP contribution in [0.25, 0.3) is 16.7 Å². The van der Waals surface area contributed by atoms with Crippen LogP contribution in [0, 0.1) is 0 Å². The Morgan fingerprint density at radius 1 is 1.27 bits per heavy atom. The summed E-state index contributed by atoms with van der Waals surface area (Å²) in [5.41, 5.74) is 5.10. The quantitative estimate of drug-likeness (QED) is 0.567. The second-order valence-electron chi connectivity index (χ2n) is 5.22. The fourth-order valence-electron chi connectivity index (χ4n) is 2.41. The summed E-state index contributed by atoms with van der Waals surface area (Å²) in [4.78, 5) is 8.56. The number of aromatic nitrogens is 4. The van der Waals surface area contributed by atoms with Crippen LogP contribution in [0.2, 0.25) is 0 Å². The third-order valence-corrected chi connectivity index (χ3v) is 3.47. The number of ether oxygens (including phenoxy) is 1. The van der Waals surface area contributed by atoms with Crippen LogP contribution in [0.5, 0.6) is 5.75 Å². The van der Waals surface area contributed by atoms with E-state index in [-0.39, 0.29) is 5.92 Å². The first kappa shape index (κ1) is 14.3. The predicted molar refractivity (Wildman–Crippen MR) is 85.1 cm³/mol. The lowest BCUT2D eigenvalue weighted by Crippen LogP contribution is -2.09. The maximum atomic E-state index is 5.58. The Hall–Kier alpha value is -2.67. The number of nitrogen functional groups attached to an aromatic ring is 1. The number of methoxy groups -OCH3 is 1. The molecule has 0 aliphatic rings. The molecule has 0 fully saturated rings. The van der Waals surface area contributed by atoms with E-state index in [0.717, 1.165) is 22.5 Å². The molecular formula is C15H18N6O. The number of anilines is 1. The standard InChI is InChI=1S/C15H18N6O/c1-9(2)13-12-14(19-16)17-8-18-15(12)21(20-13)10-5-4-6-11(7-10)22-3/h4-9H,16H2,1-3H3,(H,17,18,19). The first-order chi connectivity index (χ1) is 10.7. The van der Waals surface area contributed by atoms with Crippen LogP contribution in [0.3, 0.4) is 0 Å². The van der Waals surface area contributed by atoms with Crippen LogP contribution in [-0.2, 0) is 0 Å². The highest BCUT2D eigenvalue weighted by molar-refractivity contribution is 5.90. The zero-order valence-corrected chi connectivity index (χ0v) is 12.7. The zero-order chi connectivity index (χ0) is 15.7. The van der Waals surface area contributed by atoms with Crippen LogP contribution >= 0.6 is 0 Å². The third kappa shape index (κ3) is 2.25. The van der Waals surface area contributed by atoms with Crippen molar-refractivity contribution in [3.63, 3.8) is 0 Å². The summed E-state index contributed by atoms with van der Waals surface area (Å²) in [7, 11) is 1.64. The van der Waals surface area contributed by atoms with Crippen molar-refractivity contribution in [3.05, 3.63) is 36.3 Å². The summed E-state index contributed by atoms with van der Waals surface area (Å²) in [6.07, 6.45) is 1.47. The van der Waals surface area contributed by atoms with Crippen LogP contribution in [0.4, 0.5) is 5.82 Å². The van der Waals surface area contributed by atoms with E-state index in [0.29, 0.717) is 11.5 Å². The Morgan fingerprint density at radius 3 is 2.77 bits per heavy atom. The van der Waals surface area contributed by atoms with Crippen LogP contribution < -0.4 is 16.0 Å². The van der Waals surface area contributed by atoms with E-state index in [1.54, 1.807) is 11.8 Å². The van der Waals surface area contributed by atoms with Crippen molar-refractivity contribution >= 4 is 16.9 Å². The summed E-state index contributed by atoms with van der Waals surface area (Å²) in [6.45, 7) is 4.15. The topological polar surface area (TPSA) is 90.9 Å². The van der Waals surface area contributed by atoms with E-state index in [2.05, 4.69) is 29.2 Å². The number of rotatable bonds is 4. The Kier molecular flexibility index (Phi) is 3.64. The normalized spacial score (nSPS) is 11.1. The summed E-state index contributed by atoms with van der Waals surface area (Å²) in [5, 5.41) is 5.54. The van der Waals surface area contributed by atoms with Gasteiger partial charge in [0.15, 0.2) is 11.5 Å². The molecule has 1 aromatic carbocycles. The molecule has 0 aliphatic heterocycles. The Balaban J connectivity index is 2.30. The molecule has 7 heteroatoms. The summed E-state index contributed by atoms with van der Waals surface area (Å²) in [6, 6.07) is 7.67. The fraction of sp³-hybridized carbons (Fsp3) is 0.267. The van der Waals surface area contributed by atoms with Gasteiger partial charge in [-0.05, 0) is 18.1 Å². The number of nitrogens with zero attached hydrogens (tertiary/aromatic N) is 4. The van der Waals surface area contributed by atoms with Gasteiger partial charge in [-0.2, -0.15) is 5.10 Å². The minimum absolute atomic E-state index is 0.215. The number of hydrogen-bond donors (Lipinski definition) is 2. The van der Waals surface area contributed by atoms with Crippen LogP contribution in [-0.4, -0.2) is 26.9 Å². The Labute approximate surface area is 128 Å². The molecule has 0 atom stereocenters. The molecule has 114 valence electrons. The van der Waals surface area contributed by atoms with Gasteiger partial charge >= 0.3 is 0 Å². The molecule has 3 rings (SSSR count). The molecule has 0 unspecified atom stereocenters. The molecule has 7 nitrogen and oxygen atoms in total. The zero-order valence-electron chi connectivity index (χ0n) is 12.7. The SMILES string of the molecule is COc1cccc(-n2nc(C(C)C)c3c(NN)ncnc32)c1. The predicted octanol–water partition coefficient (Wildman–Crippen LogP) is 2.23. The highest BCUT2D eigenvalue weighted by atomic mass is 16.5. The highest BCUT2D eigenvalue weighted by Crippen LogP contribution is 2.30. The van der Waals surface area contributed by atoms with E-state index >= 15 is 0 Å². The van der Waals surface area contributed by atoms with E-state index in [1.807, 2.05) is 24.3 Å². The summed E-state index contributed by atoms with van der Waals surface area (Å²) in [5.74, 6) is 7.13. The molecule has 0 saturated heterocycles. The van der Waals surface area contributed by atoms with Crippen molar-refractivity contribution < 1.29 is 4.74 Å². The van der Waals surface area contributed by atoms with Gasteiger partial charge in [-0.1, -0.05) is 19.9 Å². The van der Waals surface area contributed by atoms with E-state index in [1.165, 1.54) is 6.33 Å². The molecule has 3 aromatic rings. The lowest BCUT2D eigenvalue weighted by molar-refractivity contribution is 0.414. The van der Waals surface area contributed by atoms with Gasteiger partial charge in [0.05, 0.1) is 23.9 Å². The van der Waals surface area contributed by atoms with E-state index in [4.69, 9.17) is 15.7 Å². The molecular weight excluding hydrogens is 280 g/mol. The van der Waals surface area contributed by atoms with Gasteiger partial charge in [0.25, 0.3) is 0 Å². The Bertz CT molecular complexity index is 811. The monoisotopic (exact) mass is 298 g/mol. The minimum Gasteiger partial charge on any atom is -0.497 e. The molecule has 0 amide bonds. The second kappa shape index (κ2) is 5.61. The number of nitrogens with two attached hydrogens (primary N) is 1. The van der Waals surface area contributed by atoms with Crippen molar-refractivity contribution in [2.24, 2.45) is 5.84 Å². The van der Waals surface area contributed by atoms with Gasteiger partial charge in [-0.15, -0.1) is 0 Å². The Morgan fingerprint density at radius 2 is 2.09 bits per heavy atom.